The summed E-state index contributed by atoms with van der Waals surface area (Å²) in [6, 6.07) is 13.9. The van der Waals surface area contributed by atoms with E-state index in [1.54, 1.807) is 12.3 Å². The van der Waals surface area contributed by atoms with Crippen LogP contribution in [0.3, 0.4) is 0 Å². The zero-order chi connectivity index (χ0) is 23.5. The lowest BCUT2D eigenvalue weighted by Gasteiger charge is -2.10. The van der Waals surface area contributed by atoms with Crippen LogP contribution >= 0.6 is 35.4 Å². The molecule has 0 bridgehead atoms. The van der Waals surface area contributed by atoms with E-state index < -0.39 is 0 Å². The molecule has 0 saturated carbocycles. The summed E-state index contributed by atoms with van der Waals surface area (Å²) in [5.74, 6) is 0. The highest BCUT2D eigenvalue weighted by Crippen LogP contribution is 2.25. The van der Waals surface area contributed by atoms with Gasteiger partial charge in [-0.25, -0.2) is 0 Å². The molecule has 0 saturated heterocycles. The van der Waals surface area contributed by atoms with Crippen molar-refractivity contribution in [1.82, 2.24) is 19.6 Å². The van der Waals surface area contributed by atoms with Gasteiger partial charge in [0.2, 0.25) is 0 Å². The molecular weight excluding hydrogens is 475 g/mol. The molecule has 2 aromatic carbocycles. The third-order valence-corrected chi connectivity index (χ3v) is 6.36. The van der Waals surface area contributed by atoms with Crippen molar-refractivity contribution in [3.63, 3.8) is 0 Å². The second-order valence-electron chi connectivity index (χ2n) is 7.88. The lowest BCUT2D eigenvalue weighted by atomic mass is 10.1. The predicted octanol–water partition coefficient (Wildman–Crippen LogP) is 6.22. The molecule has 0 aliphatic rings. The first kappa shape index (κ1) is 23.3. The Hall–Kier alpha value is -2.87. The van der Waals surface area contributed by atoms with E-state index in [9.17, 15) is 0 Å². The first-order valence-electron chi connectivity index (χ1n) is 10.4. The van der Waals surface area contributed by atoms with E-state index >= 15 is 0 Å². The van der Waals surface area contributed by atoms with Gasteiger partial charge in [-0.05, 0) is 61.8 Å². The Morgan fingerprint density at radius 1 is 1.00 bits per heavy atom. The smallest absolute Gasteiger partial charge is 0.175 e. The Kier molecular flexibility index (Phi) is 7.02. The number of hydrogen-bond acceptors (Lipinski definition) is 3. The number of halogens is 2. The first-order valence-corrected chi connectivity index (χ1v) is 11.6. The summed E-state index contributed by atoms with van der Waals surface area (Å²) in [5, 5.41) is 17.1. The highest BCUT2D eigenvalue weighted by molar-refractivity contribution is 7.80. The van der Waals surface area contributed by atoms with Crippen molar-refractivity contribution in [2.75, 3.05) is 10.6 Å². The van der Waals surface area contributed by atoms with Crippen molar-refractivity contribution < 1.29 is 0 Å². The highest BCUT2D eigenvalue weighted by Gasteiger charge is 2.14. The molecule has 0 fully saturated rings. The summed E-state index contributed by atoms with van der Waals surface area (Å²) in [6.45, 7) is 7.33. The lowest BCUT2D eigenvalue weighted by molar-refractivity contribution is 0.659. The van der Waals surface area contributed by atoms with Crippen molar-refractivity contribution in [2.24, 2.45) is 0 Å². The molecule has 2 N–H and O–H groups in total. The maximum atomic E-state index is 6.15. The molecule has 4 aromatic rings. The SMILES string of the molecule is Cc1ccccc1Cn1cc(NC(=S)Nc2c(C)nn(Cc3ccc(Cl)c(Cl)c3)c2C)cn1. The maximum absolute atomic E-state index is 6.15. The molecule has 0 aliphatic carbocycles. The standard InChI is InChI=1S/C24H24Cl2N6S/c1-15-6-4-5-7-19(15)13-31-14-20(11-27-31)28-24(33)29-23-16(2)30-32(17(23)3)12-18-8-9-21(25)22(26)10-18/h4-11,14H,12-13H2,1-3H3,(H2,28,29,33). The molecule has 9 heteroatoms. The summed E-state index contributed by atoms with van der Waals surface area (Å²) in [5.41, 5.74) is 7.00. The number of aryl methyl sites for hydroxylation is 2. The number of rotatable bonds is 6. The molecule has 4 rings (SSSR count). The van der Waals surface area contributed by atoms with Gasteiger partial charge in [0.25, 0.3) is 0 Å². The van der Waals surface area contributed by atoms with E-state index in [0.29, 0.717) is 28.2 Å². The quantitative estimate of drug-likeness (QED) is 0.309. The Bertz CT molecular complexity index is 1310. The average Bonchev–Trinajstić information content (AvgIpc) is 3.31. The van der Waals surface area contributed by atoms with Gasteiger partial charge in [-0.1, -0.05) is 53.5 Å². The molecular formula is C24H24Cl2N6S. The van der Waals surface area contributed by atoms with Gasteiger partial charge in [-0.3, -0.25) is 9.36 Å². The van der Waals surface area contributed by atoms with Gasteiger partial charge in [0.05, 0.1) is 52.1 Å². The molecule has 33 heavy (non-hydrogen) atoms. The normalized spacial score (nSPS) is 10.9. The highest BCUT2D eigenvalue weighted by atomic mass is 35.5. The van der Waals surface area contributed by atoms with Crippen LogP contribution in [0.25, 0.3) is 0 Å². The van der Waals surface area contributed by atoms with Crippen molar-refractivity contribution in [3.05, 3.63) is 93.0 Å². The van der Waals surface area contributed by atoms with Gasteiger partial charge >= 0.3 is 0 Å². The zero-order valence-corrected chi connectivity index (χ0v) is 20.9. The van der Waals surface area contributed by atoms with Crippen molar-refractivity contribution in [3.8, 4) is 0 Å². The second-order valence-corrected chi connectivity index (χ2v) is 9.11. The van der Waals surface area contributed by atoms with E-state index in [4.69, 9.17) is 35.4 Å². The molecule has 0 radical (unpaired) electrons. The maximum Gasteiger partial charge on any atom is 0.175 e. The van der Waals surface area contributed by atoms with E-state index in [0.717, 1.165) is 28.3 Å². The number of benzene rings is 2. The van der Waals surface area contributed by atoms with Crippen LogP contribution in [0.5, 0.6) is 0 Å². The number of hydrogen-bond donors (Lipinski definition) is 2. The third-order valence-electron chi connectivity index (χ3n) is 5.42. The largest absolute Gasteiger partial charge is 0.330 e. The van der Waals surface area contributed by atoms with Gasteiger partial charge in [-0.15, -0.1) is 0 Å². The topological polar surface area (TPSA) is 59.7 Å². The van der Waals surface area contributed by atoms with Crippen LogP contribution in [0.15, 0.2) is 54.9 Å². The van der Waals surface area contributed by atoms with Gasteiger partial charge in [0.15, 0.2) is 5.11 Å². The molecule has 2 aromatic heterocycles. The van der Waals surface area contributed by atoms with Crippen molar-refractivity contribution >= 4 is 51.9 Å². The Balaban J connectivity index is 1.41. The van der Waals surface area contributed by atoms with E-state index in [1.807, 2.05) is 53.7 Å². The number of thiocarbonyl (C=S) groups is 1. The fourth-order valence-electron chi connectivity index (χ4n) is 3.60. The van der Waals surface area contributed by atoms with Crippen LogP contribution in [0, 0.1) is 20.8 Å². The minimum Gasteiger partial charge on any atom is -0.330 e. The van der Waals surface area contributed by atoms with Gasteiger partial charge in [0.1, 0.15) is 0 Å². The molecule has 0 atom stereocenters. The summed E-state index contributed by atoms with van der Waals surface area (Å²) in [4.78, 5) is 0. The number of anilines is 2. The molecule has 0 aliphatic heterocycles. The predicted molar refractivity (Wildman–Crippen MR) is 140 cm³/mol. The third kappa shape index (κ3) is 5.55. The second kappa shape index (κ2) is 9.95. The number of aromatic nitrogens is 4. The molecule has 0 unspecified atom stereocenters. The number of nitrogens with one attached hydrogen (secondary N) is 2. The Labute approximate surface area is 208 Å². The van der Waals surface area contributed by atoms with E-state index in [1.165, 1.54) is 11.1 Å². The van der Waals surface area contributed by atoms with Gasteiger partial charge < -0.3 is 10.6 Å². The van der Waals surface area contributed by atoms with E-state index in [2.05, 4.69) is 39.9 Å². The lowest BCUT2D eigenvalue weighted by Crippen LogP contribution is -2.19. The van der Waals surface area contributed by atoms with E-state index in [-0.39, 0.29) is 0 Å². The van der Waals surface area contributed by atoms with Crippen LogP contribution in [0.1, 0.15) is 28.1 Å². The van der Waals surface area contributed by atoms with Gasteiger partial charge in [0, 0.05) is 6.20 Å². The monoisotopic (exact) mass is 498 g/mol. The van der Waals surface area contributed by atoms with Crippen LogP contribution in [-0.2, 0) is 13.1 Å². The van der Waals surface area contributed by atoms with Crippen LogP contribution in [-0.4, -0.2) is 24.7 Å². The van der Waals surface area contributed by atoms with Crippen LogP contribution in [0.2, 0.25) is 10.0 Å². The average molecular weight is 499 g/mol. The molecule has 6 nitrogen and oxygen atoms in total. The fourth-order valence-corrected chi connectivity index (χ4v) is 4.14. The summed E-state index contributed by atoms with van der Waals surface area (Å²) < 4.78 is 3.80. The summed E-state index contributed by atoms with van der Waals surface area (Å²) in [7, 11) is 0. The fraction of sp³-hybridized carbons (Fsp3) is 0.208. The molecule has 0 spiro atoms. The summed E-state index contributed by atoms with van der Waals surface area (Å²) in [6.07, 6.45) is 3.70. The molecule has 2 heterocycles. The summed E-state index contributed by atoms with van der Waals surface area (Å²) >= 11 is 17.7. The zero-order valence-electron chi connectivity index (χ0n) is 18.6. The van der Waals surface area contributed by atoms with Gasteiger partial charge in [-0.2, -0.15) is 10.2 Å². The molecule has 0 amide bonds. The minimum atomic E-state index is 0.478. The Morgan fingerprint density at radius 2 is 1.79 bits per heavy atom. The van der Waals surface area contributed by atoms with Crippen LogP contribution < -0.4 is 10.6 Å². The Morgan fingerprint density at radius 3 is 2.55 bits per heavy atom. The van der Waals surface area contributed by atoms with Crippen molar-refractivity contribution in [2.45, 2.75) is 33.9 Å². The van der Waals surface area contributed by atoms with Crippen molar-refractivity contribution in [1.29, 1.82) is 0 Å². The van der Waals surface area contributed by atoms with Crippen LogP contribution in [0.4, 0.5) is 11.4 Å². The molecule has 170 valence electrons. The minimum absolute atomic E-state index is 0.478. The first-order chi connectivity index (χ1) is 15.8. The number of nitrogens with zero attached hydrogens (tertiary/aromatic N) is 4.